The summed E-state index contributed by atoms with van der Waals surface area (Å²) in [7, 11) is 1.40. The number of methoxy groups -OCH3 is 1. The van der Waals surface area contributed by atoms with Crippen LogP contribution in [0.25, 0.3) is 0 Å². The number of ether oxygens (including phenoxy) is 2. The van der Waals surface area contributed by atoms with Crippen molar-refractivity contribution in [2.24, 2.45) is 0 Å². The van der Waals surface area contributed by atoms with Gasteiger partial charge >= 0.3 is 6.09 Å². The van der Waals surface area contributed by atoms with Gasteiger partial charge in [0.25, 0.3) is 0 Å². The number of carbonyl (C=O) groups is 2. The molecule has 0 N–H and O–H groups in total. The molecule has 0 aromatic heterocycles. The number of amides is 2. The van der Waals surface area contributed by atoms with E-state index in [0.717, 1.165) is 0 Å². The maximum atomic E-state index is 13.7. The van der Waals surface area contributed by atoms with Crippen LogP contribution in [0.15, 0.2) is 18.2 Å². The molecule has 7 heteroatoms. The molecule has 2 rings (SSSR count). The van der Waals surface area contributed by atoms with Crippen LogP contribution < -0.4 is 4.74 Å². The van der Waals surface area contributed by atoms with Gasteiger partial charge in [-0.15, -0.1) is 0 Å². The Balaban J connectivity index is 1.93. The summed E-state index contributed by atoms with van der Waals surface area (Å²) in [5, 5.41) is 0. The first kappa shape index (κ1) is 18.0. The fourth-order valence-corrected chi connectivity index (χ4v) is 2.67. The van der Waals surface area contributed by atoms with Gasteiger partial charge in [0.2, 0.25) is 5.91 Å². The van der Waals surface area contributed by atoms with E-state index in [1.165, 1.54) is 19.2 Å². The summed E-state index contributed by atoms with van der Waals surface area (Å²) in [4.78, 5) is 27.5. The molecule has 0 bridgehead atoms. The first-order valence-corrected chi connectivity index (χ1v) is 8.07. The van der Waals surface area contributed by atoms with Crippen LogP contribution in [0.1, 0.15) is 18.9 Å². The summed E-state index contributed by atoms with van der Waals surface area (Å²) in [6.07, 6.45) is 0.478. The normalized spacial score (nSPS) is 15.0. The summed E-state index contributed by atoms with van der Waals surface area (Å²) in [6.45, 7) is 4.14. The fourth-order valence-electron chi connectivity index (χ4n) is 2.67. The van der Waals surface area contributed by atoms with Gasteiger partial charge in [0.1, 0.15) is 0 Å². The predicted molar refractivity (Wildman–Crippen MR) is 86.4 cm³/mol. The van der Waals surface area contributed by atoms with Gasteiger partial charge in [0.05, 0.1) is 20.1 Å². The SMILES string of the molecule is CCOC(=O)N1CCCN(C(=O)Cc2ccc(OC)c(F)c2)CC1. The van der Waals surface area contributed by atoms with Gasteiger partial charge < -0.3 is 19.3 Å². The van der Waals surface area contributed by atoms with Crippen molar-refractivity contribution >= 4 is 12.0 Å². The van der Waals surface area contributed by atoms with E-state index in [0.29, 0.717) is 44.8 Å². The molecular weight excluding hydrogens is 315 g/mol. The Kier molecular flexibility index (Phi) is 6.40. The number of benzene rings is 1. The molecule has 24 heavy (non-hydrogen) atoms. The molecule has 0 radical (unpaired) electrons. The predicted octanol–water partition coefficient (Wildman–Crippen LogP) is 2.07. The summed E-state index contributed by atoms with van der Waals surface area (Å²) in [6, 6.07) is 4.52. The van der Waals surface area contributed by atoms with Crippen LogP contribution in [0.2, 0.25) is 0 Å². The molecule has 0 unspecified atom stereocenters. The lowest BCUT2D eigenvalue weighted by Gasteiger charge is -2.21. The van der Waals surface area contributed by atoms with E-state index >= 15 is 0 Å². The van der Waals surface area contributed by atoms with Gasteiger partial charge in [0.15, 0.2) is 11.6 Å². The van der Waals surface area contributed by atoms with Crippen LogP contribution in [0.4, 0.5) is 9.18 Å². The minimum absolute atomic E-state index is 0.0784. The average molecular weight is 338 g/mol. The number of hydrogen-bond donors (Lipinski definition) is 0. The van der Waals surface area contributed by atoms with Crippen molar-refractivity contribution in [1.29, 1.82) is 0 Å². The maximum absolute atomic E-state index is 13.7. The van der Waals surface area contributed by atoms with E-state index in [-0.39, 0.29) is 24.2 Å². The number of nitrogens with zero attached hydrogens (tertiary/aromatic N) is 2. The number of halogens is 1. The number of carbonyl (C=O) groups excluding carboxylic acids is 2. The Labute approximate surface area is 141 Å². The average Bonchev–Trinajstić information content (AvgIpc) is 2.81. The molecule has 1 aromatic rings. The standard InChI is InChI=1S/C17H23FN2O4/c1-3-24-17(22)20-8-4-7-19(9-10-20)16(21)12-13-5-6-15(23-2)14(18)11-13/h5-6,11H,3-4,7-10,12H2,1-2H3. The van der Waals surface area contributed by atoms with Crippen LogP contribution in [0, 0.1) is 5.82 Å². The van der Waals surface area contributed by atoms with E-state index in [2.05, 4.69) is 0 Å². The smallest absolute Gasteiger partial charge is 0.409 e. The first-order chi connectivity index (χ1) is 11.5. The molecule has 132 valence electrons. The third-order valence-corrected chi connectivity index (χ3v) is 3.95. The first-order valence-electron chi connectivity index (χ1n) is 8.07. The lowest BCUT2D eigenvalue weighted by Crippen LogP contribution is -2.38. The Morgan fingerprint density at radius 2 is 1.88 bits per heavy atom. The van der Waals surface area contributed by atoms with Crippen molar-refractivity contribution in [2.75, 3.05) is 39.9 Å². The van der Waals surface area contributed by atoms with Crippen LogP contribution in [0.3, 0.4) is 0 Å². The molecule has 1 saturated heterocycles. The second-order valence-electron chi connectivity index (χ2n) is 5.57. The highest BCUT2D eigenvalue weighted by molar-refractivity contribution is 5.79. The lowest BCUT2D eigenvalue weighted by atomic mass is 10.1. The Hall–Kier alpha value is -2.31. The Bertz CT molecular complexity index is 594. The zero-order valence-corrected chi connectivity index (χ0v) is 14.1. The molecule has 0 atom stereocenters. The van der Waals surface area contributed by atoms with Gasteiger partial charge in [-0.05, 0) is 31.0 Å². The van der Waals surface area contributed by atoms with E-state index < -0.39 is 5.82 Å². The second kappa shape index (κ2) is 8.52. The van der Waals surface area contributed by atoms with Gasteiger partial charge in [-0.1, -0.05) is 6.07 Å². The van der Waals surface area contributed by atoms with E-state index in [9.17, 15) is 14.0 Å². The molecule has 0 aliphatic carbocycles. The summed E-state index contributed by atoms with van der Waals surface area (Å²) >= 11 is 0. The van der Waals surface area contributed by atoms with Crippen LogP contribution in [-0.2, 0) is 16.0 Å². The quantitative estimate of drug-likeness (QED) is 0.843. The van der Waals surface area contributed by atoms with Crippen LogP contribution in [-0.4, -0.2) is 61.7 Å². The zero-order chi connectivity index (χ0) is 17.5. The molecule has 1 aliphatic heterocycles. The monoisotopic (exact) mass is 338 g/mol. The van der Waals surface area contributed by atoms with E-state index in [1.807, 2.05) is 0 Å². The van der Waals surface area contributed by atoms with E-state index in [4.69, 9.17) is 9.47 Å². The summed E-state index contributed by atoms with van der Waals surface area (Å²) < 4.78 is 23.6. The van der Waals surface area contributed by atoms with Crippen molar-refractivity contribution < 1.29 is 23.5 Å². The molecule has 1 fully saturated rings. The van der Waals surface area contributed by atoms with E-state index in [1.54, 1.807) is 22.8 Å². The van der Waals surface area contributed by atoms with Crippen molar-refractivity contribution in [2.45, 2.75) is 19.8 Å². The molecular formula is C17H23FN2O4. The third-order valence-electron chi connectivity index (χ3n) is 3.95. The van der Waals surface area contributed by atoms with Crippen molar-refractivity contribution in [3.63, 3.8) is 0 Å². The second-order valence-corrected chi connectivity index (χ2v) is 5.57. The van der Waals surface area contributed by atoms with Gasteiger partial charge in [-0.3, -0.25) is 4.79 Å². The zero-order valence-electron chi connectivity index (χ0n) is 14.1. The van der Waals surface area contributed by atoms with Crippen LogP contribution in [0.5, 0.6) is 5.75 Å². The Morgan fingerprint density at radius 3 is 2.54 bits per heavy atom. The van der Waals surface area contributed by atoms with Crippen LogP contribution >= 0.6 is 0 Å². The highest BCUT2D eigenvalue weighted by Gasteiger charge is 2.22. The molecule has 1 aliphatic rings. The number of rotatable bonds is 4. The summed E-state index contributed by atoms with van der Waals surface area (Å²) in [5.41, 5.74) is 0.602. The van der Waals surface area contributed by atoms with Gasteiger partial charge in [0, 0.05) is 26.2 Å². The molecule has 0 spiro atoms. The van der Waals surface area contributed by atoms with Crippen molar-refractivity contribution in [1.82, 2.24) is 9.80 Å². The molecule has 2 amide bonds. The molecule has 1 aromatic carbocycles. The maximum Gasteiger partial charge on any atom is 0.409 e. The van der Waals surface area contributed by atoms with Gasteiger partial charge in [-0.2, -0.15) is 0 Å². The number of hydrogen-bond acceptors (Lipinski definition) is 4. The topological polar surface area (TPSA) is 59.1 Å². The molecule has 6 nitrogen and oxygen atoms in total. The molecule has 0 saturated carbocycles. The minimum atomic E-state index is -0.479. The summed E-state index contributed by atoms with van der Waals surface area (Å²) in [5.74, 6) is -0.400. The fraction of sp³-hybridized carbons (Fsp3) is 0.529. The molecule has 1 heterocycles. The minimum Gasteiger partial charge on any atom is -0.494 e. The highest BCUT2D eigenvalue weighted by Crippen LogP contribution is 2.18. The third kappa shape index (κ3) is 4.59. The highest BCUT2D eigenvalue weighted by atomic mass is 19.1. The van der Waals surface area contributed by atoms with Gasteiger partial charge in [-0.25, -0.2) is 9.18 Å². The lowest BCUT2D eigenvalue weighted by molar-refractivity contribution is -0.130. The Morgan fingerprint density at radius 1 is 1.17 bits per heavy atom. The largest absolute Gasteiger partial charge is 0.494 e. The van der Waals surface area contributed by atoms with Crippen molar-refractivity contribution in [3.05, 3.63) is 29.6 Å². The van der Waals surface area contributed by atoms with Crippen molar-refractivity contribution in [3.8, 4) is 5.75 Å².